The molecule has 8 nitrogen and oxygen atoms in total. The summed E-state index contributed by atoms with van der Waals surface area (Å²) in [7, 11) is 0. The van der Waals surface area contributed by atoms with E-state index in [-0.39, 0.29) is 24.6 Å². The molecule has 0 aliphatic carbocycles. The lowest BCUT2D eigenvalue weighted by Gasteiger charge is -2.31. The molecule has 1 aliphatic heterocycles. The van der Waals surface area contributed by atoms with E-state index in [1.54, 1.807) is 36.2 Å². The predicted molar refractivity (Wildman–Crippen MR) is 110 cm³/mol. The molecular formula is C21H26N4O4. The average Bonchev–Trinajstić information content (AvgIpc) is 2.75. The lowest BCUT2D eigenvalue weighted by molar-refractivity contribution is -0.118. The van der Waals surface area contributed by atoms with Gasteiger partial charge in [0, 0.05) is 19.1 Å². The van der Waals surface area contributed by atoms with Crippen LogP contribution in [0.4, 0.5) is 16.3 Å². The average molecular weight is 398 g/mol. The highest BCUT2D eigenvalue weighted by atomic mass is 16.6. The molecular weight excluding hydrogens is 372 g/mol. The van der Waals surface area contributed by atoms with Gasteiger partial charge < -0.3 is 25.0 Å². The maximum Gasteiger partial charge on any atom is 0.409 e. The second kappa shape index (κ2) is 10.3. The number of amides is 2. The van der Waals surface area contributed by atoms with Crippen LogP contribution < -0.4 is 15.4 Å². The van der Waals surface area contributed by atoms with Crippen LogP contribution in [-0.4, -0.2) is 54.2 Å². The van der Waals surface area contributed by atoms with Gasteiger partial charge in [0.2, 0.25) is 0 Å². The molecule has 3 rings (SSSR count). The van der Waals surface area contributed by atoms with Crippen LogP contribution in [0.5, 0.6) is 5.75 Å². The fourth-order valence-corrected chi connectivity index (χ4v) is 3.05. The maximum absolute atomic E-state index is 12.0. The Balaban J connectivity index is 1.41. The maximum atomic E-state index is 12.0. The van der Waals surface area contributed by atoms with Crippen LogP contribution in [0.3, 0.4) is 0 Å². The van der Waals surface area contributed by atoms with E-state index < -0.39 is 0 Å². The van der Waals surface area contributed by atoms with Crippen molar-refractivity contribution in [2.75, 3.05) is 36.9 Å². The van der Waals surface area contributed by atoms with E-state index in [2.05, 4.69) is 15.6 Å². The number of nitrogens with one attached hydrogen (secondary N) is 2. The summed E-state index contributed by atoms with van der Waals surface area (Å²) in [6.07, 6.45) is 3.02. The number of nitrogens with zero attached hydrogens (tertiary/aromatic N) is 2. The van der Waals surface area contributed by atoms with Gasteiger partial charge in [0.25, 0.3) is 5.91 Å². The second-order valence-electron chi connectivity index (χ2n) is 6.69. The van der Waals surface area contributed by atoms with Crippen molar-refractivity contribution in [3.63, 3.8) is 0 Å². The minimum Gasteiger partial charge on any atom is -0.484 e. The van der Waals surface area contributed by atoms with Crippen LogP contribution in [0.25, 0.3) is 0 Å². The number of piperidine rings is 1. The Morgan fingerprint density at radius 2 is 1.90 bits per heavy atom. The van der Waals surface area contributed by atoms with Gasteiger partial charge in [0.05, 0.1) is 18.5 Å². The van der Waals surface area contributed by atoms with E-state index in [0.29, 0.717) is 31.1 Å². The van der Waals surface area contributed by atoms with Gasteiger partial charge in [0.15, 0.2) is 6.61 Å². The number of likely N-dealkylation sites (tertiary alicyclic amines) is 1. The number of anilines is 2. The van der Waals surface area contributed by atoms with Crippen molar-refractivity contribution in [3.05, 3.63) is 48.7 Å². The molecule has 8 heteroatoms. The Bertz CT molecular complexity index is 790. The Hall–Kier alpha value is -3.29. The van der Waals surface area contributed by atoms with E-state index in [1.165, 1.54) is 0 Å². The summed E-state index contributed by atoms with van der Waals surface area (Å²) in [5.41, 5.74) is 0.606. The molecule has 0 radical (unpaired) electrons. The number of carbonyl (C=O) groups is 2. The van der Waals surface area contributed by atoms with Gasteiger partial charge in [0.1, 0.15) is 11.6 Å². The summed E-state index contributed by atoms with van der Waals surface area (Å²) in [6.45, 7) is 3.45. The third-order valence-corrected chi connectivity index (χ3v) is 4.53. The number of hydrogen-bond acceptors (Lipinski definition) is 6. The van der Waals surface area contributed by atoms with E-state index in [0.717, 1.165) is 18.7 Å². The third kappa shape index (κ3) is 6.38. The molecule has 0 unspecified atom stereocenters. The van der Waals surface area contributed by atoms with Crippen LogP contribution in [0.2, 0.25) is 0 Å². The van der Waals surface area contributed by atoms with Gasteiger partial charge in [-0.1, -0.05) is 18.2 Å². The summed E-state index contributed by atoms with van der Waals surface area (Å²) >= 11 is 0. The van der Waals surface area contributed by atoms with E-state index in [4.69, 9.17) is 9.47 Å². The van der Waals surface area contributed by atoms with Gasteiger partial charge in [-0.3, -0.25) is 4.79 Å². The molecule has 2 aromatic rings. The highest BCUT2D eigenvalue weighted by molar-refractivity contribution is 5.91. The molecule has 0 bridgehead atoms. The van der Waals surface area contributed by atoms with Gasteiger partial charge in [-0.05, 0) is 44.0 Å². The van der Waals surface area contributed by atoms with Crippen molar-refractivity contribution < 1.29 is 19.1 Å². The molecule has 0 saturated carbocycles. The summed E-state index contributed by atoms with van der Waals surface area (Å²) < 4.78 is 10.5. The Kier molecular flexibility index (Phi) is 7.27. The van der Waals surface area contributed by atoms with Gasteiger partial charge in [-0.25, -0.2) is 9.78 Å². The number of benzene rings is 1. The van der Waals surface area contributed by atoms with Crippen molar-refractivity contribution in [2.45, 2.75) is 25.8 Å². The SMILES string of the molecule is CCOC(=O)N1CCC(Nc2ccc(NC(=O)COc3ccccc3)cn2)CC1. The van der Waals surface area contributed by atoms with Crippen LogP contribution in [0.1, 0.15) is 19.8 Å². The van der Waals surface area contributed by atoms with Crippen molar-refractivity contribution in [2.24, 2.45) is 0 Å². The predicted octanol–water partition coefficient (Wildman–Crippen LogP) is 3.13. The highest BCUT2D eigenvalue weighted by Gasteiger charge is 2.23. The zero-order valence-corrected chi connectivity index (χ0v) is 16.5. The van der Waals surface area contributed by atoms with Crippen LogP contribution in [0.15, 0.2) is 48.7 Å². The van der Waals surface area contributed by atoms with Crippen molar-refractivity contribution in [1.29, 1.82) is 0 Å². The van der Waals surface area contributed by atoms with Gasteiger partial charge in [-0.2, -0.15) is 0 Å². The highest BCUT2D eigenvalue weighted by Crippen LogP contribution is 2.17. The molecule has 0 spiro atoms. The fraction of sp³-hybridized carbons (Fsp3) is 0.381. The van der Waals surface area contributed by atoms with E-state index >= 15 is 0 Å². The molecule has 1 aliphatic rings. The first kappa shape index (κ1) is 20.4. The Morgan fingerprint density at radius 1 is 1.14 bits per heavy atom. The lowest BCUT2D eigenvalue weighted by Crippen LogP contribution is -2.42. The molecule has 1 fully saturated rings. The van der Waals surface area contributed by atoms with Crippen molar-refractivity contribution >= 4 is 23.5 Å². The topological polar surface area (TPSA) is 92.8 Å². The Morgan fingerprint density at radius 3 is 2.55 bits per heavy atom. The first-order valence-corrected chi connectivity index (χ1v) is 9.76. The van der Waals surface area contributed by atoms with E-state index in [9.17, 15) is 9.59 Å². The minimum atomic E-state index is -0.250. The number of carbonyl (C=O) groups excluding carboxylic acids is 2. The van der Waals surface area contributed by atoms with E-state index in [1.807, 2.05) is 24.3 Å². The van der Waals surface area contributed by atoms with Crippen molar-refractivity contribution in [3.8, 4) is 5.75 Å². The fourth-order valence-electron chi connectivity index (χ4n) is 3.05. The first-order valence-electron chi connectivity index (χ1n) is 9.76. The monoisotopic (exact) mass is 398 g/mol. The minimum absolute atomic E-state index is 0.0664. The smallest absolute Gasteiger partial charge is 0.409 e. The zero-order chi connectivity index (χ0) is 20.5. The summed E-state index contributed by atoms with van der Waals surface area (Å²) in [4.78, 5) is 29.8. The van der Waals surface area contributed by atoms with Gasteiger partial charge >= 0.3 is 6.09 Å². The standard InChI is InChI=1S/C21H26N4O4/c1-2-28-21(27)25-12-10-16(11-13-25)23-19-9-8-17(14-22-19)24-20(26)15-29-18-6-4-3-5-7-18/h3-9,14,16H,2,10-13,15H2,1H3,(H,22,23)(H,24,26). The largest absolute Gasteiger partial charge is 0.484 e. The molecule has 29 heavy (non-hydrogen) atoms. The molecule has 154 valence electrons. The number of rotatable bonds is 7. The molecule has 1 aromatic carbocycles. The molecule has 2 N–H and O–H groups in total. The normalized spacial score (nSPS) is 14.2. The van der Waals surface area contributed by atoms with Gasteiger partial charge in [-0.15, -0.1) is 0 Å². The molecule has 2 heterocycles. The van der Waals surface area contributed by atoms with Crippen LogP contribution >= 0.6 is 0 Å². The Labute approximate surface area is 170 Å². The summed E-state index contributed by atoms with van der Waals surface area (Å²) in [6, 6.07) is 13.0. The number of para-hydroxylation sites is 1. The summed E-state index contributed by atoms with van der Waals surface area (Å²) in [5.74, 6) is 1.13. The molecule has 1 saturated heterocycles. The molecule has 1 aromatic heterocycles. The summed E-state index contributed by atoms with van der Waals surface area (Å²) in [5, 5.41) is 6.13. The number of aromatic nitrogens is 1. The lowest BCUT2D eigenvalue weighted by atomic mass is 10.1. The number of pyridine rings is 1. The van der Waals surface area contributed by atoms with Crippen LogP contribution in [0, 0.1) is 0 Å². The van der Waals surface area contributed by atoms with Crippen molar-refractivity contribution in [1.82, 2.24) is 9.88 Å². The number of hydrogen-bond donors (Lipinski definition) is 2. The zero-order valence-electron chi connectivity index (χ0n) is 16.5. The first-order chi connectivity index (χ1) is 14.1. The number of ether oxygens (including phenoxy) is 2. The second-order valence-corrected chi connectivity index (χ2v) is 6.69. The molecule has 2 amide bonds. The third-order valence-electron chi connectivity index (χ3n) is 4.53. The molecule has 0 atom stereocenters. The van der Waals surface area contributed by atoms with Crippen LogP contribution in [-0.2, 0) is 9.53 Å². The quantitative estimate of drug-likeness (QED) is 0.744.